The minimum absolute atomic E-state index is 0.981. The molecule has 3 aromatic carbocycles. The van der Waals surface area contributed by atoms with Gasteiger partial charge < -0.3 is 0 Å². The van der Waals surface area contributed by atoms with Crippen molar-refractivity contribution < 1.29 is 0 Å². The van der Waals surface area contributed by atoms with Crippen molar-refractivity contribution in [2.24, 2.45) is 5.10 Å². The Bertz CT molecular complexity index is 1010. The van der Waals surface area contributed by atoms with Crippen molar-refractivity contribution in [2.45, 2.75) is 0 Å². The molecule has 0 unspecified atom stereocenters. The summed E-state index contributed by atoms with van der Waals surface area (Å²) in [6, 6.07) is 31.0. The lowest BCUT2D eigenvalue weighted by Gasteiger charge is -2.18. The SMILES string of the molecule is C1=NNC(=Cc2ccccc2)C(=Cc2ccccc2)C1=Cc1ccccc1. The number of benzene rings is 3. The summed E-state index contributed by atoms with van der Waals surface area (Å²) in [5, 5.41) is 4.37. The Kier molecular flexibility index (Phi) is 5.07. The summed E-state index contributed by atoms with van der Waals surface area (Å²) in [6.07, 6.45) is 8.37. The first-order valence-electron chi connectivity index (χ1n) is 8.98. The quantitative estimate of drug-likeness (QED) is 0.637. The zero-order chi connectivity index (χ0) is 18.3. The highest BCUT2D eigenvalue weighted by Gasteiger charge is 2.14. The normalized spacial score (nSPS) is 18.0. The van der Waals surface area contributed by atoms with Crippen molar-refractivity contribution in [1.82, 2.24) is 5.43 Å². The lowest BCUT2D eigenvalue weighted by Crippen LogP contribution is -2.16. The van der Waals surface area contributed by atoms with Gasteiger partial charge in [0, 0.05) is 11.1 Å². The van der Waals surface area contributed by atoms with E-state index < -0.39 is 0 Å². The maximum Gasteiger partial charge on any atom is 0.0646 e. The number of allylic oxidation sites excluding steroid dienone is 1. The van der Waals surface area contributed by atoms with Crippen LogP contribution in [0, 0.1) is 0 Å². The van der Waals surface area contributed by atoms with Gasteiger partial charge in [0.15, 0.2) is 0 Å². The van der Waals surface area contributed by atoms with Crippen LogP contribution in [0.25, 0.3) is 18.2 Å². The highest BCUT2D eigenvalue weighted by Crippen LogP contribution is 2.26. The summed E-state index contributed by atoms with van der Waals surface area (Å²) in [4.78, 5) is 0. The van der Waals surface area contributed by atoms with Crippen LogP contribution >= 0.6 is 0 Å². The predicted octanol–water partition coefficient (Wildman–Crippen LogP) is 5.78. The van der Waals surface area contributed by atoms with E-state index in [-0.39, 0.29) is 0 Å². The van der Waals surface area contributed by atoms with Gasteiger partial charge in [-0.25, -0.2) is 0 Å². The van der Waals surface area contributed by atoms with Gasteiger partial charge in [0.05, 0.1) is 11.9 Å². The van der Waals surface area contributed by atoms with E-state index in [4.69, 9.17) is 0 Å². The molecule has 0 aromatic heterocycles. The molecule has 2 heteroatoms. The average molecular weight is 348 g/mol. The molecule has 4 rings (SSSR count). The average Bonchev–Trinajstić information content (AvgIpc) is 2.73. The van der Waals surface area contributed by atoms with E-state index in [9.17, 15) is 0 Å². The monoisotopic (exact) mass is 348 g/mol. The predicted molar refractivity (Wildman–Crippen MR) is 115 cm³/mol. The maximum atomic E-state index is 4.37. The van der Waals surface area contributed by atoms with Crippen molar-refractivity contribution in [2.75, 3.05) is 0 Å². The topological polar surface area (TPSA) is 24.4 Å². The third kappa shape index (κ3) is 4.31. The van der Waals surface area contributed by atoms with Crippen LogP contribution in [-0.4, -0.2) is 6.21 Å². The molecule has 2 nitrogen and oxygen atoms in total. The number of hydrazone groups is 1. The molecule has 0 amide bonds. The highest BCUT2D eigenvalue weighted by molar-refractivity contribution is 5.97. The van der Waals surface area contributed by atoms with Crippen LogP contribution in [0.2, 0.25) is 0 Å². The van der Waals surface area contributed by atoms with Gasteiger partial charge in [-0.2, -0.15) is 5.10 Å². The highest BCUT2D eigenvalue weighted by atomic mass is 15.3. The second-order valence-corrected chi connectivity index (χ2v) is 6.32. The van der Waals surface area contributed by atoms with Crippen LogP contribution in [0.4, 0.5) is 0 Å². The molecule has 1 aliphatic heterocycles. The zero-order valence-electron chi connectivity index (χ0n) is 14.9. The van der Waals surface area contributed by atoms with E-state index in [1.54, 1.807) is 0 Å². The number of hydrogen-bond acceptors (Lipinski definition) is 2. The largest absolute Gasteiger partial charge is 0.278 e. The van der Waals surface area contributed by atoms with Gasteiger partial charge in [0.1, 0.15) is 0 Å². The fraction of sp³-hybridized carbons (Fsp3) is 0. The van der Waals surface area contributed by atoms with Gasteiger partial charge in [-0.3, -0.25) is 5.43 Å². The van der Waals surface area contributed by atoms with Crippen LogP contribution in [0.3, 0.4) is 0 Å². The third-order valence-electron chi connectivity index (χ3n) is 4.33. The molecule has 130 valence electrons. The molecule has 0 saturated heterocycles. The first-order valence-corrected chi connectivity index (χ1v) is 8.98. The van der Waals surface area contributed by atoms with E-state index in [0.29, 0.717) is 0 Å². The van der Waals surface area contributed by atoms with Crippen molar-refractivity contribution in [3.05, 3.63) is 125 Å². The Morgan fingerprint density at radius 1 is 0.556 bits per heavy atom. The molecule has 0 radical (unpaired) electrons. The van der Waals surface area contributed by atoms with E-state index >= 15 is 0 Å². The van der Waals surface area contributed by atoms with E-state index in [0.717, 1.165) is 33.5 Å². The van der Waals surface area contributed by atoms with Crippen molar-refractivity contribution >= 4 is 24.4 Å². The van der Waals surface area contributed by atoms with Crippen molar-refractivity contribution in [1.29, 1.82) is 0 Å². The Morgan fingerprint density at radius 2 is 1.04 bits per heavy atom. The number of rotatable bonds is 3. The Labute approximate surface area is 159 Å². The Morgan fingerprint density at radius 3 is 1.59 bits per heavy atom. The molecule has 0 bridgehead atoms. The van der Waals surface area contributed by atoms with Crippen LogP contribution in [0.1, 0.15) is 16.7 Å². The summed E-state index contributed by atoms with van der Waals surface area (Å²) in [6.45, 7) is 0. The fourth-order valence-electron chi connectivity index (χ4n) is 3.00. The van der Waals surface area contributed by atoms with Gasteiger partial charge in [-0.15, -0.1) is 0 Å². The fourth-order valence-corrected chi connectivity index (χ4v) is 3.00. The van der Waals surface area contributed by atoms with Gasteiger partial charge in [0.25, 0.3) is 0 Å². The van der Waals surface area contributed by atoms with E-state index in [1.165, 1.54) is 0 Å². The molecular formula is C25H20N2. The second kappa shape index (κ2) is 8.15. The molecule has 1 N–H and O–H groups in total. The minimum atomic E-state index is 0.981. The van der Waals surface area contributed by atoms with E-state index in [2.05, 4.69) is 77.3 Å². The van der Waals surface area contributed by atoms with Gasteiger partial charge in [0.2, 0.25) is 0 Å². The van der Waals surface area contributed by atoms with Crippen LogP contribution in [-0.2, 0) is 0 Å². The molecule has 27 heavy (non-hydrogen) atoms. The van der Waals surface area contributed by atoms with Gasteiger partial charge in [-0.05, 0) is 34.9 Å². The van der Waals surface area contributed by atoms with Gasteiger partial charge >= 0.3 is 0 Å². The smallest absolute Gasteiger partial charge is 0.0646 e. The third-order valence-corrected chi connectivity index (χ3v) is 4.33. The molecule has 3 aromatic rings. The minimum Gasteiger partial charge on any atom is -0.278 e. The molecule has 0 saturated carbocycles. The lowest BCUT2D eigenvalue weighted by molar-refractivity contribution is 0.904. The van der Waals surface area contributed by atoms with Gasteiger partial charge in [-0.1, -0.05) is 91.0 Å². The molecular weight excluding hydrogens is 328 g/mol. The molecule has 1 heterocycles. The molecule has 0 atom stereocenters. The Hall–Kier alpha value is -3.65. The van der Waals surface area contributed by atoms with Crippen LogP contribution < -0.4 is 5.43 Å². The number of hydrogen-bond donors (Lipinski definition) is 1. The van der Waals surface area contributed by atoms with Crippen molar-refractivity contribution in [3.8, 4) is 0 Å². The first kappa shape index (κ1) is 16.8. The summed E-state index contributed by atoms with van der Waals surface area (Å²) in [7, 11) is 0. The lowest BCUT2D eigenvalue weighted by atomic mass is 9.96. The van der Waals surface area contributed by atoms with E-state index in [1.807, 2.05) is 48.7 Å². The number of nitrogens with zero attached hydrogens (tertiary/aromatic N) is 1. The molecule has 0 fully saturated rings. The zero-order valence-corrected chi connectivity index (χ0v) is 14.9. The maximum absolute atomic E-state index is 4.37. The van der Waals surface area contributed by atoms with Crippen LogP contribution in [0.15, 0.2) is 113 Å². The number of nitrogens with one attached hydrogen (secondary N) is 1. The molecule has 0 spiro atoms. The van der Waals surface area contributed by atoms with Crippen LogP contribution in [0.5, 0.6) is 0 Å². The molecule has 1 aliphatic rings. The second-order valence-electron chi connectivity index (χ2n) is 6.32. The van der Waals surface area contributed by atoms with Crippen molar-refractivity contribution in [3.63, 3.8) is 0 Å². The summed E-state index contributed by atoms with van der Waals surface area (Å²) < 4.78 is 0. The standard InChI is InChI=1S/C25H20N2/c1-4-10-20(11-5-1)16-23-19-26-27-25(18-22-14-8-3-9-15-22)24(23)17-21-12-6-2-7-13-21/h1-19,27H. The molecule has 0 aliphatic carbocycles. The summed E-state index contributed by atoms with van der Waals surface area (Å²) >= 11 is 0. The summed E-state index contributed by atoms with van der Waals surface area (Å²) in [5.41, 5.74) is 9.79. The summed E-state index contributed by atoms with van der Waals surface area (Å²) in [5.74, 6) is 0. The Balaban J connectivity index is 1.82. The first-order chi connectivity index (χ1) is 13.4.